The highest BCUT2D eigenvalue weighted by atomic mass is 16.6. The van der Waals surface area contributed by atoms with Crippen LogP contribution in [0.1, 0.15) is 46.5 Å². The van der Waals surface area contributed by atoms with Crippen LogP contribution in [0.5, 0.6) is 11.5 Å². The van der Waals surface area contributed by atoms with Gasteiger partial charge in [-0.1, -0.05) is 76.4 Å². The number of phenols is 2. The van der Waals surface area contributed by atoms with E-state index in [1.54, 1.807) is 48.5 Å². The molecular formula is C27H40O5. The van der Waals surface area contributed by atoms with Gasteiger partial charge in [-0.2, -0.15) is 0 Å². The molecule has 2 aliphatic heterocycles. The number of aromatic hydroxyl groups is 2. The van der Waals surface area contributed by atoms with E-state index >= 15 is 0 Å². The van der Waals surface area contributed by atoms with Crippen LogP contribution in [-0.4, -0.2) is 48.8 Å². The van der Waals surface area contributed by atoms with Crippen molar-refractivity contribution in [3.05, 3.63) is 60.7 Å². The number of benzene rings is 2. The van der Waals surface area contributed by atoms with Gasteiger partial charge in [0.05, 0.1) is 26.4 Å². The van der Waals surface area contributed by atoms with Gasteiger partial charge in [0.1, 0.15) is 23.7 Å². The first-order valence-electron chi connectivity index (χ1n) is 11.7. The summed E-state index contributed by atoms with van der Waals surface area (Å²) in [6.45, 7) is 10.4. The average Bonchev–Trinajstić information content (AvgIpc) is 3.69. The van der Waals surface area contributed by atoms with Crippen molar-refractivity contribution in [3.63, 3.8) is 0 Å². The fourth-order valence-corrected chi connectivity index (χ4v) is 3.18. The van der Waals surface area contributed by atoms with Crippen molar-refractivity contribution in [3.8, 4) is 11.5 Å². The van der Waals surface area contributed by atoms with E-state index < -0.39 is 0 Å². The van der Waals surface area contributed by atoms with E-state index in [4.69, 9.17) is 24.4 Å². The van der Waals surface area contributed by atoms with E-state index in [0.717, 1.165) is 32.3 Å². The Morgan fingerprint density at radius 1 is 0.812 bits per heavy atom. The summed E-state index contributed by atoms with van der Waals surface area (Å²) in [7, 11) is 0. The molecule has 3 atom stereocenters. The average molecular weight is 445 g/mol. The molecule has 1 aliphatic carbocycles. The summed E-state index contributed by atoms with van der Waals surface area (Å²) in [6.07, 6.45) is 6.59. The van der Waals surface area contributed by atoms with Gasteiger partial charge in [-0.05, 0) is 42.0 Å². The fraction of sp³-hybridized carbons (Fsp3) is 0.556. The molecule has 0 bridgehead atoms. The van der Waals surface area contributed by atoms with Gasteiger partial charge in [-0.3, -0.25) is 0 Å². The third-order valence-electron chi connectivity index (χ3n) is 5.97. The lowest BCUT2D eigenvalue weighted by Gasteiger charge is -2.36. The van der Waals surface area contributed by atoms with Crippen LogP contribution in [0.15, 0.2) is 60.7 Å². The van der Waals surface area contributed by atoms with Gasteiger partial charge in [-0.25, -0.2) is 0 Å². The molecule has 2 aromatic carbocycles. The van der Waals surface area contributed by atoms with Crippen molar-refractivity contribution in [2.24, 2.45) is 11.3 Å². The van der Waals surface area contributed by atoms with Gasteiger partial charge in [0.15, 0.2) is 0 Å². The van der Waals surface area contributed by atoms with Crippen molar-refractivity contribution < 1.29 is 24.4 Å². The van der Waals surface area contributed by atoms with E-state index in [0.29, 0.717) is 29.1 Å². The third-order valence-corrected chi connectivity index (χ3v) is 5.97. The number of rotatable bonds is 4. The van der Waals surface area contributed by atoms with Crippen LogP contribution in [-0.2, 0) is 14.2 Å². The zero-order valence-electron chi connectivity index (χ0n) is 19.8. The largest absolute Gasteiger partial charge is 0.508 e. The smallest absolute Gasteiger partial charge is 0.115 e. The monoisotopic (exact) mass is 444 g/mol. The Hall–Kier alpha value is -2.08. The lowest BCUT2D eigenvalue weighted by atomic mass is 9.70. The van der Waals surface area contributed by atoms with Crippen molar-refractivity contribution in [1.82, 2.24) is 0 Å². The van der Waals surface area contributed by atoms with Gasteiger partial charge < -0.3 is 24.4 Å². The summed E-state index contributed by atoms with van der Waals surface area (Å²) in [5.41, 5.74) is 0.637. The highest BCUT2D eigenvalue weighted by Gasteiger charge is 2.28. The standard InChI is InChI=1S/C9H18.C6H10O3.2C6H6O/c1-8-6-4-5-7-9(8,2)3;1(5-3-8-5)7-2-6-4-9-6;2*7-6-4-2-1-3-5-6/h8H,4-7H2,1-3H3;5-6H,1-4H2;2*1-5,7H. The molecule has 0 spiro atoms. The van der Waals surface area contributed by atoms with Gasteiger partial charge >= 0.3 is 0 Å². The molecule has 5 nitrogen and oxygen atoms in total. The lowest BCUT2D eigenvalue weighted by molar-refractivity contribution is 0.102. The Morgan fingerprint density at radius 2 is 1.25 bits per heavy atom. The summed E-state index contributed by atoms with van der Waals surface area (Å²) in [5, 5.41) is 17.3. The molecule has 1 saturated carbocycles. The molecule has 3 fully saturated rings. The highest BCUT2D eigenvalue weighted by molar-refractivity contribution is 5.19. The van der Waals surface area contributed by atoms with Gasteiger partial charge in [0.25, 0.3) is 0 Å². The predicted octanol–water partition coefficient (Wildman–Crippen LogP) is 5.81. The second kappa shape index (κ2) is 14.1. The number of hydrogen-bond acceptors (Lipinski definition) is 5. The zero-order valence-corrected chi connectivity index (χ0v) is 19.8. The van der Waals surface area contributed by atoms with E-state index in [1.807, 2.05) is 12.1 Å². The number of epoxide rings is 2. The van der Waals surface area contributed by atoms with Gasteiger partial charge in [0.2, 0.25) is 0 Å². The normalized spacial score (nSPS) is 24.3. The summed E-state index contributed by atoms with van der Waals surface area (Å²) in [6, 6.07) is 17.4. The molecule has 0 amide bonds. The molecule has 178 valence electrons. The highest BCUT2D eigenvalue weighted by Crippen LogP contribution is 2.39. The van der Waals surface area contributed by atoms with Crippen LogP contribution < -0.4 is 0 Å². The predicted molar refractivity (Wildman–Crippen MR) is 128 cm³/mol. The minimum atomic E-state index is 0.322. The Morgan fingerprint density at radius 3 is 1.50 bits per heavy atom. The number of phenolic OH excluding ortho intramolecular Hbond substituents is 2. The maximum absolute atomic E-state index is 8.63. The van der Waals surface area contributed by atoms with Crippen LogP contribution >= 0.6 is 0 Å². The van der Waals surface area contributed by atoms with Crippen molar-refractivity contribution in [1.29, 1.82) is 0 Å². The van der Waals surface area contributed by atoms with Crippen molar-refractivity contribution >= 4 is 0 Å². The Kier molecular flexibility index (Phi) is 11.6. The second-order valence-corrected chi connectivity index (χ2v) is 9.25. The summed E-state index contributed by atoms with van der Waals surface area (Å²) in [5.74, 6) is 1.59. The molecule has 32 heavy (non-hydrogen) atoms. The van der Waals surface area contributed by atoms with Crippen LogP contribution in [0.25, 0.3) is 0 Å². The number of hydrogen-bond donors (Lipinski definition) is 2. The molecule has 5 heteroatoms. The molecule has 5 rings (SSSR count). The topological polar surface area (TPSA) is 74.8 Å². The molecule has 0 radical (unpaired) electrons. The quantitative estimate of drug-likeness (QED) is 0.582. The second-order valence-electron chi connectivity index (χ2n) is 9.25. The molecule has 2 N–H and O–H groups in total. The minimum Gasteiger partial charge on any atom is -0.508 e. The Balaban J connectivity index is 0.000000152. The van der Waals surface area contributed by atoms with Crippen molar-refractivity contribution in [2.45, 2.75) is 58.7 Å². The fourth-order valence-electron chi connectivity index (χ4n) is 3.18. The molecule has 0 aromatic heterocycles. The maximum Gasteiger partial charge on any atom is 0.115 e. The molecular weight excluding hydrogens is 404 g/mol. The van der Waals surface area contributed by atoms with Gasteiger partial charge in [0, 0.05) is 0 Å². The van der Waals surface area contributed by atoms with Crippen molar-refractivity contribution in [2.75, 3.05) is 26.4 Å². The molecule has 3 unspecified atom stereocenters. The molecule has 2 aromatic rings. The van der Waals surface area contributed by atoms with E-state index in [1.165, 1.54) is 25.7 Å². The Bertz CT molecular complexity index is 662. The summed E-state index contributed by atoms with van der Waals surface area (Å²) < 4.78 is 15.1. The number of para-hydroxylation sites is 2. The van der Waals surface area contributed by atoms with E-state index in [2.05, 4.69) is 20.8 Å². The summed E-state index contributed by atoms with van der Waals surface area (Å²) >= 11 is 0. The van der Waals surface area contributed by atoms with Crippen LogP contribution in [0.4, 0.5) is 0 Å². The molecule has 2 heterocycles. The van der Waals surface area contributed by atoms with Crippen LogP contribution in [0.3, 0.4) is 0 Å². The first-order chi connectivity index (χ1) is 15.4. The van der Waals surface area contributed by atoms with E-state index in [-0.39, 0.29) is 0 Å². The first kappa shape index (κ1) is 26.2. The third kappa shape index (κ3) is 12.7. The summed E-state index contributed by atoms with van der Waals surface area (Å²) in [4.78, 5) is 0. The number of ether oxygens (including phenoxy) is 3. The molecule has 3 aliphatic rings. The lowest BCUT2D eigenvalue weighted by Crippen LogP contribution is -2.24. The van der Waals surface area contributed by atoms with Gasteiger partial charge in [-0.15, -0.1) is 0 Å². The van der Waals surface area contributed by atoms with Crippen LogP contribution in [0, 0.1) is 11.3 Å². The first-order valence-corrected chi connectivity index (χ1v) is 11.7. The van der Waals surface area contributed by atoms with Crippen LogP contribution in [0.2, 0.25) is 0 Å². The zero-order chi connectivity index (χ0) is 23.2. The van der Waals surface area contributed by atoms with E-state index in [9.17, 15) is 0 Å². The SMILES string of the molecule is C(OCC1CO1)C1CO1.CC1CCCCC1(C)C.Oc1ccccc1.Oc1ccccc1. The maximum atomic E-state index is 8.63. The minimum absolute atomic E-state index is 0.322. The molecule has 2 saturated heterocycles. The Labute approximate surface area is 193 Å².